The molecule has 0 saturated heterocycles. The van der Waals surface area contributed by atoms with Crippen molar-refractivity contribution in [3.8, 4) is 0 Å². The number of hydrogen-bond donors (Lipinski definition) is 2. The number of rotatable bonds is 0. The summed E-state index contributed by atoms with van der Waals surface area (Å²) in [6.45, 7) is 0. The molecule has 36 valence electrons. The maximum atomic E-state index is 8.67. The van der Waals surface area contributed by atoms with Crippen LogP contribution in [0.5, 0.6) is 0 Å². The van der Waals surface area contributed by atoms with Gasteiger partial charge in [0.15, 0.2) is 0 Å². The Kier molecular flexibility index (Phi) is 25.6. The Morgan fingerprint density at radius 3 is 1.33 bits per heavy atom. The fourth-order valence-electron chi connectivity index (χ4n) is 0. The second-order valence-corrected chi connectivity index (χ2v) is 0.692. The van der Waals surface area contributed by atoms with Crippen molar-refractivity contribution < 1.29 is 18.8 Å². The molecule has 0 aromatic rings. The predicted molar refractivity (Wildman–Crippen MR) is 24.2 cm³/mol. The Bertz CT molecular complexity index is 30.5. The first-order chi connectivity index (χ1) is 1.73. The van der Waals surface area contributed by atoms with E-state index in [1.54, 1.807) is 0 Å². The summed E-state index contributed by atoms with van der Waals surface area (Å²) in [5.41, 5.74) is 0. The topological polar surface area (TPSA) is 89.0 Å². The molecule has 0 amide bonds. The van der Waals surface area contributed by atoms with Gasteiger partial charge in [-0.05, 0) is 0 Å². The predicted octanol–water partition coefficient (Wildman–Crippen LogP) is -1.79. The second-order valence-electron chi connectivity index (χ2n) is 0.231. The molecular weight excluding hydrogens is 135 g/mol. The van der Waals surface area contributed by atoms with Crippen molar-refractivity contribution in [3.63, 3.8) is 0 Å². The van der Waals surface area contributed by atoms with Crippen LogP contribution in [0.15, 0.2) is 0 Å². The quantitative estimate of drug-likeness (QED) is 0.307. The van der Waals surface area contributed by atoms with E-state index in [1.165, 1.54) is 0 Å². The molecule has 0 atom stereocenters. The maximum absolute atomic E-state index is 8.67. The molecule has 0 aliphatic rings. The van der Waals surface area contributed by atoms with Gasteiger partial charge in [0, 0.05) is 0 Å². The minimum absolute atomic E-state index is 0. The molecule has 6 heteroatoms. The van der Waals surface area contributed by atoms with Crippen LogP contribution in [0.1, 0.15) is 0 Å². The van der Waals surface area contributed by atoms with Crippen molar-refractivity contribution in [1.29, 1.82) is 0 Å². The molecule has 0 rings (SSSR count). The molecule has 4 nitrogen and oxygen atoms in total. The third-order valence-corrected chi connectivity index (χ3v) is 0. The number of hydrogen-bond acceptors (Lipinski definition) is 1. The van der Waals surface area contributed by atoms with Crippen LogP contribution < -0.4 is 0 Å². The van der Waals surface area contributed by atoms with E-state index in [2.05, 4.69) is 0 Å². The van der Waals surface area contributed by atoms with Gasteiger partial charge in [0.2, 0.25) is 0 Å². The summed E-state index contributed by atoms with van der Waals surface area (Å²) in [4.78, 5) is 0. The fourth-order valence-corrected chi connectivity index (χ4v) is 0. The van der Waals surface area contributed by atoms with E-state index in [9.17, 15) is 0 Å². The van der Waals surface area contributed by atoms with Crippen molar-refractivity contribution in [1.82, 2.24) is 0 Å². The zero-order chi connectivity index (χ0) is 3.58. The van der Waals surface area contributed by atoms with E-state index in [0.29, 0.717) is 0 Å². The van der Waals surface area contributed by atoms with Gasteiger partial charge >= 0.3 is 51.4 Å². The Labute approximate surface area is 80.2 Å². The summed E-state index contributed by atoms with van der Waals surface area (Å²) in [5, 5.41) is 0. The molecule has 0 aromatic heterocycles. The van der Waals surface area contributed by atoms with Gasteiger partial charge in [0.1, 0.15) is 0 Å². The molecule has 0 bridgehead atoms. The monoisotopic (exact) mass is 140 g/mol. The summed E-state index contributed by atoms with van der Waals surface area (Å²) in [6, 6.07) is 0. The van der Waals surface area contributed by atoms with E-state index in [0.717, 1.165) is 0 Å². The summed E-state index contributed by atoms with van der Waals surface area (Å²) >= 11 is -2.61. The fraction of sp³-hybridized carbons (Fsp3) is 0. The average Bonchev–Trinajstić information content (AvgIpc) is 0.811. The summed E-state index contributed by atoms with van der Waals surface area (Å²) in [7, 11) is 0. The summed E-state index contributed by atoms with van der Waals surface area (Å²) in [5.74, 6) is 0. The molecule has 6 heavy (non-hydrogen) atoms. The molecule has 4 N–H and O–H groups in total. The van der Waals surface area contributed by atoms with Crippen LogP contribution in [0.3, 0.4) is 0 Å². The van der Waals surface area contributed by atoms with Crippen LogP contribution in [-0.2, 0) is 11.4 Å². The standard InChI is InChI=1S/K.H2O3S.H2O.H/c;1-4(2)3;;/h;(H2,1,2,3);1H2;. The zero-order valence-electron chi connectivity index (χ0n) is 2.21. The molecular formula is H5KO4S. The van der Waals surface area contributed by atoms with Crippen molar-refractivity contribution >= 4 is 62.7 Å². The normalized spacial score (nSPS) is 5.83. The van der Waals surface area contributed by atoms with Gasteiger partial charge in [-0.15, -0.1) is 0 Å². The molecule has 0 aliphatic heterocycles. The first-order valence-corrected chi connectivity index (χ1v) is 1.60. The molecule has 0 fully saturated rings. The van der Waals surface area contributed by atoms with Crippen LogP contribution >= 0.6 is 0 Å². The van der Waals surface area contributed by atoms with E-state index in [4.69, 9.17) is 13.3 Å². The molecule has 0 aromatic carbocycles. The molecule has 0 heterocycles. The van der Waals surface area contributed by atoms with Gasteiger partial charge in [-0.25, -0.2) is 0 Å². The van der Waals surface area contributed by atoms with Crippen LogP contribution in [0, 0.1) is 0 Å². The van der Waals surface area contributed by atoms with Crippen molar-refractivity contribution in [2.75, 3.05) is 0 Å². The van der Waals surface area contributed by atoms with Crippen LogP contribution in [0.25, 0.3) is 0 Å². The summed E-state index contributed by atoms with van der Waals surface area (Å²) in [6.07, 6.45) is 0. The average molecular weight is 140 g/mol. The van der Waals surface area contributed by atoms with E-state index in [1.807, 2.05) is 0 Å². The molecule has 0 saturated carbocycles. The van der Waals surface area contributed by atoms with Crippen LogP contribution in [-0.4, -0.2) is 70.2 Å². The van der Waals surface area contributed by atoms with E-state index < -0.39 is 11.4 Å². The van der Waals surface area contributed by atoms with Gasteiger partial charge in [-0.3, -0.25) is 9.11 Å². The molecule has 0 aliphatic carbocycles. The Balaban J connectivity index is -0.0000000450. The molecule has 0 unspecified atom stereocenters. The second kappa shape index (κ2) is 9.83. The Morgan fingerprint density at radius 1 is 1.33 bits per heavy atom. The van der Waals surface area contributed by atoms with Crippen molar-refractivity contribution in [2.45, 2.75) is 0 Å². The van der Waals surface area contributed by atoms with Gasteiger partial charge in [0.05, 0.1) is 0 Å². The van der Waals surface area contributed by atoms with E-state index >= 15 is 0 Å². The minimum atomic E-state index is -2.61. The molecule has 0 spiro atoms. The van der Waals surface area contributed by atoms with Gasteiger partial charge < -0.3 is 5.48 Å². The zero-order valence-corrected chi connectivity index (χ0v) is 3.03. The van der Waals surface area contributed by atoms with Gasteiger partial charge in [0.25, 0.3) is 11.4 Å². The van der Waals surface area contributed by atoms with Crippen molar-refractivity contribution in [2.24, 2.45) is 0 Å². The Morgan fingerprint density at radius 2 is 1.33 bits per heavy atom. The summed E-state index contributed by atoms with van der Waals surface area (Å²) < 4.78 is 22.8. The molecule has 0 radical (unpaired) electrons. The van der Waals surface area contributed by atoms with Crippen LogP contribution in [0.4, 0.5) is 0 Å². The SMILES string of the molecule is O.O=S(O)O.[KH]. The van der Waals surface area contributed by atoms with Crippen LogP contribution in [0.2, 0.25) is 0 Å². The van der Waals surface area contributed by atoms with Gasteiger partial charge in [-0.1, -0.05) is 0 Å². The van der Waals surface area contributed by atoms with E-state index in [-0.39, 0.29) is 56.9 Å². The first-order valence-electron chi connectivity index (χ1n) is 0.532. The van der Waals surface area contributed by atoms with Gasteiger partial charge in [-0.2, -0.15) is 4.21 Å². The Hall–Kier alpha value is 1.67. The third-order valence-electron chi connectivity index (χ3n) is 0. The third kappa shape index (κ3) is 44.4. The first kappa shape index (κ1) is 15.6. The van der Waals surface area contributed by atoms with Crippen molar-refractivity contribution in [3.05, 3.63) is 0 Å².